The van der Waals surface area contributed by atoms with Crippen LogP contribution >= 0.6 is 0 Å². The van der Waals surface area contributed by atoms with Gasteiger partial charge in [0.05, 0.1) is 0 Å². The predicted molar refractivity (Wildman–Crippen MR) is 55.5 cm³/mol. The third-order valence-corrected chi connectivity index (χ3v) is 3.24. The normalized spacial score (nSPS) is 21.0. The van der Waals surface area contributed by atoms with Gasteiger partial charge in [0.25, 0.3) is 5.56 Å². The van der Waals surface area contributed by atoms with Crippen molar-refractivity contribution in [2.75, 3.05) is 13.1 Å². The molecule has 0 saturated carbocycles. The molecule has 2 N–H and O–H groups in total. The van der Waals surface area contributed by atoms with Crippen molar-refractivity contribution in [3.63, 3.8) is 0 Å². The van der Waals surface area contributed by atoms with E-state index in [4.69, 9.17) is 0 Å². The van der Waals surface area contributed by atoms with Gasteiger partial charge in [-0.05, 0) is 25.9 Å². The van der Waals surface area contributed by atoms with E-state index < -0.39 is 0 Å². The van der Waals surface area contributed by atoms with E-state index in [0.29, 0.717) is 0 Å². The lowest BCUT2D eigenvalue weighted by molar-refractivity contribution is 0.325. The lowest BCUT2D eigenvalue weighted by atomic mass is 9.78. The van der Waals surface area contributed by atoms with Gasteiger partial charge in [-0.25, -0.2) is 0 Å². The minimum atomic E-state index is 0.0553. The van der Waals surface area contributed by atoms with E-state index in [0.717, 1.165) is 31.6 Å². The highest BCUT2D eigenvalue weighted by atomic mass is 16.1. The van der Waals surface area contributed by atoms with Crippen molar-refractivity contribution in [3.05, 3.63) is 22.1 Å². The van der Waals surface area contributed by atoms with Crippen molar-refractivity contribution < 1.29 is 0 Å². The number of piperidine rings is 1. The third-order valence-electron chi connectivity index (χ3n) is 3.24. The Hall–Kier alpha value is -1.03. The molecule has 0 atom stereocenters. The summed E-state index contributed by atoms with van der Waals surface area (Å²) in [5.41, 5.74) is 1.28. The molecule has 2 heterocycles. The molecule has 4 heteroatoms. The summed E-state index contributed by atoms with van der Waals surface area (Å²) in [6, 6.07) is 1.73. The van der Waals surface area contributed by atoms with E-state index in [1.807, 2.05) is 0 Å². The average Bonchev–Trinajstić information content (AvgIpc) is 2.49. The molecule has 14 heavy (non-hydrogen) atoms. The molecular formula is C10H17N3O. The summed E-state index contributed by atoms with van der Waals surface area (Å²) in [6.45, 7) is 4.29. The first kappa shape index (κ1) is 9.52. The Balaban J connectivity index is 2.32. The number of hydrogen-bond donors (Lipinski definition) is 2. The molecule has 1 aliphatic heterocycles. The Morgan fingerprint density at radius 3 is 2.57 bits per heavy atom. The Morgan fingerprint density at radius 1 is 1.43 bits per heavy atom. The maximum Gasteiger partial charge on any atom is 0.266 e. The summed E-state index contributed by atoms with van der Waals surface area (Å²) in [5.74, 6) is 0. The van der Waals surface area contributed by atoms with Crippen LogP contribution < -0.4 is 10.9 Å². The molecule has 1 saturated heterocycles. The zero-order valence-electron chi connectivity index (χ0n) is 8.76. The molecular weight excluding hydrogens is 178 g/mol. The van der Waals surface area contributed by atoms with Crippen LogP contribution in [0.3, 0.4) is 0 Å². The van der Waals surface area contributed by atoms with Crippen molar-refractivity contribution >= 4 is 0 Å². The van der Waals surface area contributed by atoms with Crippen molar-refractivity contribution in [3.8, 4) is 0 Å². The minimum absolute atomic E-state index is 0.0553. The van der Waals surface area contributed by atoms with E-state index in [9.17, 15) is 4.79 Å². The molecule has 2 rings (SSSR count). The van der Waals surface area contributed by atoms with Crippen molar-refractivity contribution in [2.45, 2.75) is 25.2 Å². The molecule has 1 aromatic rings. The quantitative estimate of drug-likeness (QED) is 0.679. The molecule has 0 amide bonds. The van der Waals surface area contributed by atoms with Crippen LogP contribution in [0.5, 0.6) is 0 Å². The first-order valence-electron chi connectivity index (χ1n) is 5.09. The lowest BCUT2D eigenvalue weighted by Crippen LogP contribution is -2.38. The number of hydrogen-bond acceptors (Lipinski definition) is 2. The summed E-state index contributed by atoms with van der Waals surface area (Å²) < 4.78 is 1.54. The second-order valence-electron chi connectivity index (χ2n) is 4.38. The van der Waals surface area contributed by atoms with Crippen LogP contribution in [-0.2, 0) is 12.5 Å². The number of H-pyrrole nitrogens is 1. The summed E-state index contributed by atoms with van der Waals surface area (Å²) in [4.78, 5) is 11.3. The van der Waals surface area contributed by atoms with Crippen molar-refractivity contribution in [2.24, 2.45) is 7.05 Å². The number of nitrogens with zero attached hydrogens (tertiary/aromatic N) is 1. The fraction of sp³-hybridized carbons (Fsp3) is 0.700. The van der Waals surface area contributed by atoms with Gasteiger partial charge >= 0.3 is 0 Å². The van der Waals surface area contributed by atoms with Gasteiger partial charge in [0.2, 0.25) is 0 Å². The molecule has 0 spiro atoms. The van der Waals surface area contributed by atoms with Crippen LogP contribution in [-0.4, -0.2) is 22.9 Å². The molecule has 0 radical (unpaired) electrons. The van der Waals surface area contributed by atoms with E-state index in [-0.39, 0.29) is 11.0 Å². The number of aryl methyl sites for hydroxylation is 1. The van der Waals surface area contributed by atoms with Crippen LogP contribution in [0.4, 0.5) is 0 Å². The van der Waals surface area contributed by atoms with Crippen LogP contribution in [0.1, 0.15) is 25.5 Å². The summed E-state index contributed by atoms with van der Waals surface area (Å²) >= 11 is 0. The fourth-order valence-corrected chi connectivity index (χ4v) is 2.05. The fourth-order valence-electron chi connectivity index (χ4n) is 2.05. The number of nitrogens with one attached hydrogen (secondary N) is 2. The van der Waals surface area contributed by atoms with Crippen LogP contribution in [0.25, 0.3) is 0 Å². The van der Waals surface area contributed by atoms with E-state index >= 15 is 0 Å². The van der Waals surface area contributed by atoms with Gasteiger partial charge < -0.3 is 5.32 Å². The number of aromatic amines is 1. The zero-order valence-corrected chi connectivity index (χ0v) is 8.76. The second kappa shape index (κ2) is 3.28. The largest absolute Gasteiger partial charge is 0.317 e. The highest BCUT2D eigenvalue weighted by Gasteiger charge is 2.30. The van der Waals surface area contributed by atoms with E-state index in [1.54, 1.807) is 17.8 Å². The van der Waals surface area contributed by atoms with Gasteiger partial charge in [0, 0.05) is 24.2 Å². The number of aromatic nitrogens is 2. The average molecular weight is 195 g/mol. The van der Waals surface area contributed by atoms with Gasteiger partial charge in [-0.3, -0.25) is 14.6 Å². The molecule has 1 fully saturated rings. The predicted octanol–water partition coefficient (Wildman–Crippen LogP) is 0.354. The summed E-state index contributed by atoms with van der Waals surface area (Å²) in [6.07, 6.45) is 2.18. The topological polar surface area (TPSA) is 49.8 Å². The van der Waals surface area contributed by atoms with Crippen LogP contribution in [0, 0.1) is 0 Å². The number of rotatable bonds is 1. The molecule has 1 aliphatic rings. The maximum atomic E-state index is 11.3. The Bertz CT molecular complexity index is 371. The highest BCUT2D eigenvalue weighted by molar-refractivity contribution is 5.15. The van der Waals surface area contributed by atoms with Gasteiger partial charge in [0.15, 0.2) is 0 Å². The molecule has 78 valence electrons. The van der Waals surface area contributed by atoms with Crippen LogP contribution in [0.2, 0.25) is 0 Å². The Labute approximate surface area is 83.3 Å². The molecule has 0 aliphatic carbocycles. The molecule has 0 aromatic carbocycles. The Morgan fingerprint density at radius 2 is 2.07 bits per heavy atom. The standard InChI is InChI=1S/C10H17N3O/c1-10(3-5-11-6-4-10)8-7-9(14)13(2)12-8/h7,11-12H,3-6H2,1-2H3. The Kier molecular flexibility index (Phi) is 2.23. The highest BCUT2D eigenvalue weighted by Crippen LogP contribution is 2.30. The zero-order chi connectivity index (χ0) is 10.2. The van der Waals surface area contributed by atoms with E-state index in [1.165, 1.54) is 0 Å². The SMILES string of the molecule is Cn1[nH]c(C2(C)CCNCC2)cc1=O. The molecule has 0 bridgehead atoms. The van der Waals surface area contributed by atoms with E-state index in [2.05, 4.69) is 17.3 Å². The summed E-state index contributed by atoms with van der Waals surface area (Å²) in [5, 5.41) is 6.46. The van der Waals surface area contributed by atoms with Gasteiger partial charge in [-0.2, -0.15) is 0 Å². The molecule has 4 nitrogen and oxygen atoms in total. The molecule has 0 unspecified atom stereocenters. The maximum absolute atomic E-state index is 11.3. The lowest BCUT2D eigenvalue weighted by Gasteiger charge is -2.32. The first-order chi connectivity index (χ1) is 6.62. The summed E-state index contributed by atoms with van der Waals surface area (Å²) in [7, 11) is 1.76. The first-order valence-corrected chi connectivity index (χ1v) is 5.09. The molecule has 1 aromatic heterocycles. The minimum Gasteiger partial charge on any atom is -0.317 e. The van der Waals surface area contributed by atoms with Gasteiger partial charge in [-0.15, -0.1) is 0 Å². The second-order valence-corrected chi connectivity index (χ2v) is 4.38. The third kappa shape index (κ3) is 1.50. The van der Waals surface area contributed by atoms with Gasteiger partial charge in [-0.1, -0.05) is 6.92 Å². The van der Waals surface area contributed by atoms with Crippen LogP contribution in [0.15, 0.2) is 10.9 Å². The van der Waals surface area contributed by atoms with Crippen molar-refractivity contribution in [1.29, 1.82) is 0 Å². The monoisotopic (exact) mass is 195 g/mol. The van der Waals surface area contributed by atoms with Crippen molar-refractivity contribution in [1.82, 2.24) is 15.1 Å². The smallest absolute Gasteiger partial charge is 0.266 e. The van der Waals surface area contributed by atoms with Gasteiger partial charge in [0.1, 0.15) is 0 Å².